The second kappa shape index (κ2) is 7.00. The lowest BCUT2D eigenvalue weighted by Crippen LogP contribution is -2.66. The van der Waals surface area contributed by atoms with Gasteiger partial charge >= 0.3 is 5.97 Å². The van der Waals surface area contributed by atoms with Crippen LogP contribution in [-0.2, 0) is 11.3 Å². The highest BCUT2D eigenvalue weighted by atomic mass is 16.7. The summed E-state index contributed by atoms with van der Waals surface area (Å²) in [6.07, 6.45) is -4.82. The van der Waals surface area contributed by atoms with Crippen molar-refractivity contribution in [1.29, 1.82) is 0 Å². The molecule has 4 N–H and O–H groups in total. The van der Waals surface area contributed by atoms with Crippen molar-refractivity contribution < 1.29 is 34.3 Å². The molecule has 1 aliphatic carbocycles. The number of carbonyl (C=O) groups is 1. The van der Waals surface area contributed by atoms with Gasteiger partial charge in [0.15, 0.2) is 11.5 Å². The van der Waals surface area contributed by atoms with E-state index in [2.05, 4.69) is 5.32 Å². The third kappa shape index (κ3) is 2.96. The highest BCUT2D eigenvalue weighted by Crippen LogP contribution is 2.46. The average molecular weight is 399 g/mol. The van der Waals surface area contributed by atoms with Crippen LogP contribution in [0, 0.1) is 0 Å². The van der Waals surface area contributed by atoms with Crippen molar-refractivity contribution in [3.63, 3.8) is 0 Å². The van der Waals surface area contributed by atoms with E-state index in [1.165, 1.54) is 6.07 Å². The van der Waals surface area contributed by atoms with Crippen molar-refractivity contribution in [2.75, 3.05) is 6.79 Å². The number of aliphatic hydroxyl groups is 3. The van der Waals surface area contributed by atoms with Crippen molar-refractivity contribution in [2.24, 2.45) is 0 Å². The molecule has 0 amide bonds. The third-order valence-corrected chi connectivity index (χ3v) is 5.90. The maximum Gasteiger partial charge on any atom is 0.338 e. The van der Waals surface area contributed by atoms with E-state index in [9.17, 15) is 20.1 Å². The molecule has 0 radical (unpaired) electrons. The van der Waals surface area contributed by atoms with E-state index in [-0.39, 0.29) is 12.4 Å². The topological polar surface area (TPSA) is 117 Å². The molecule has 152 valence electrons. The summed E-state index contributed by atoms with van der Waals surface area (Å²) in [4.78, 5) is 12.5. The Kier molecular flexibility index (Phi) is 4.44. The molecule has 1 saturated carbocycles. The molecule has 6 atom stereocenters. The van der Waals surface area contributed by atoms with Gasteiger partial charge in [0, 0.05) is 6.54 Å². The number of aliphatic hydroxyl groups excluding tert-OH is 3. The molecular weight excluding hydrogens is 378 g/mol. The van der Waals surface area contributed by atoms with Crippen LogP contribution in [0.5, 0.6) is 11.5 Å². The number of esters is 1. The molecule has 0 aromatic heterocycles. The SMILES string of the molecule is O=C1O[C@@H]2[C@@H](O)[C@@H](O)[C@H](NCc3ccccc3)[C@@H](O)[C@H]2c2cc3c(cc21)OCO3. The molecule has 2 aromatic carbocycles. The molecular formula is C21H21NO7. The molecule has 8 heteroatoms. The van der Waals surface area contributed by atoms with Gasteiger partial charge in [-0.25, -0.2) is 4.79 Å². The lowest BCUT2D eigenvalue weighted by molar-refractivity contribution is -0.152. The van der Waals surface area contributed by atoms with Crippen molar-refractivity contribution in [3.05, 3.63) is 59.2 Å². The number of benzene rings is 2. The van der Waals surface area contributed by atoms with Gasteiger partial charge in [-0.15, -0.1) is 0 Å². The fourth-order valence-electron chi connectivity index (χ4n) is 4.41. The number of nitrogens with one attached hydrogen (secondary N) is 1. The van der Waals surface area contributed by atoms with Gasteiger partial charge in [-0.1, -0.05) is 30.3 Å². The fourth-order valence-corrected chi connectivity index (χ4v) is 4.41. The van der Waals surface area contributed by atoms with E-state index < -0.39 is 42.3 Å². The largest absolute Gasteiger partial charge is 0.455 e. The van der Waals surface area contributed by atoms with Crippen LogP contribution in [0.2, 0.25) is 0 Å². The number of hydrogen-bond acceptors (Lipinski definition) is 8. The van der Waals surface area contributed by atoms with Gasteiger partial charge in [0.1, 0.15) is 18.3 Å². The third-order valence-electron chi connectivity index (χ3n) is 5.90. The Morgan fingerprint density at radius 1 is 0.966 bits per heavy atom. The summed E-state index contributed by atoms with van der Waals surface area (Å²) in [5, 5.41) is 35.5. The van der Waals surface area contributed by atoms with Crippen LogP contribution in [-0.4, -0.2) is 58.5 Å². The number of carbonyl (C=O) groups excluding carboxylic acids is 1. The summed E-state index contributed by atoms with van der Waals surface area (Å²) >= 11 is 0. The molecule has 3 aliphatic rings. The van der Waals surface area contributed by atoms with Crippen LogP contribution in [0.1, 0.15) is 27.4 Å². The highest BCUT2D eigenvalue weighted by Gasteiger charge is 2.54. The summed E-state index contributed by atoms with van der Waals surface area (Å²) in [6, 6.07) is 11.9. The van der Waals surface area contributed by atoms with Crippen LogP contribution >= 0.6 is 0 Å². The Bertz CT molecular complexity index is 934. The van der Waals surface area contributed by atoms with E-state index in [1.807, 2.05) is 30.3 Å². The summed E-state index contributed by atoms with van der Waals surface area (Å²) in [5.74, 6) is -0.444. The molecule has 8 nitrogen and oxygen atoms in total. The molecule has 0 saturated heterocycles. The Labute approximate surface area is 166 Å². The number of rotatable bonds is 3. The Balaban J connectivity index is 1.48. The van der Waals surface area contributed by atoms with Gasteiger partial charge in [0.05, 0.1) is 23.6 Å². The average Bonchev–Trinajstić information content (AvgIpc) is 3.19. The van der Waals surface area contributed by atoms with E-state index in [0.29, 0.717) is 23.6 Å². The number of ether oxygens (including phenoxy) is 3. The maximum atomic E-state index is 12.5. The zero-order chi connectivity index (χ0) is 20.1. The number of fused-ring (bicyclic) bond motifs is 4. The molecule has 5 rings (SSSR count). The second-order valence-corrected chi connectivity index (χ2v) is 7.55. The minimum absolute atomic E-state index is 0.0481. The van der Waals surface area contributed by atoms with E-state index >= 15 is 0 Å². The summed E-state index contributed by atoms with van der Waals surface area (Å²) in [7, 11) is 0. The molecule has 29 heavy (non-hydrogen) atoms. The first-order valence-electron chi connectivity index (χ1n) is 9.50. The van der Waals surface area contributed by atoms with Gasteiger partial charge in [-0.3, -0.25) is 0 Å². The monoisotopic (exact) mass is 399 g/mol. The lowest BCUT2D eigenvalue weighted by atomic mass is 9.71. The molecule has 2 heterocycles. The zero-order valence-corrected chi connectivity index (χ0v) is 15.4. The molecule has 1 fully saturated rings. The van der Waals surface area contributed by atoms with Crippen molar-refractivity contribution in [1.82, 2.24) is 5.32 Å². The Morgan fingerprint density at radius 3 is 2.45 bits per heavy atom. The van der Waals surface area contributed by atoms with Crippen molar-refractivity contribution in [3.8, 4) is 11.5 Å². The van der Waals surface area contributed by atoms with Gasteiger partial charge in [-0.05, 0) is 23.3 Å². The summed E-state index contributed by atoms with van der Waals surface area (Å²) in [5.41, 5.74) is 1.75. The van der Waals surface area contributed by atoms with Crippen LogP contribution in [0.3, 0.4) is 0 Å². The standard InChI is InChI=1S/C21H21NO7/c23-17-15-11-6-13-14(28-9-27-13)7-12(11)21(26)29-20(15)19(25)18(24)16(17)22-8-10-4-2-1-3-5-10/h1-7,15-20,22-25H,8-9H2/t15-,16-,17+,18+,19+,20+/m1/s1. The van der Waals surface area contributed by atoms with Crippen LogP contribution in [0.15, 0.2) is 42.5 Å². The van der Waals surface area contributed by atoms with Crippen LogP contribution in [0.4, 0.5) is 0 Å². The first-order chi connectivity index (χ1) is 14.0. The highest BCUT2D eigenvalue weighted by molar-refractivity contribution is 5.94. The first kappa shape index (κ1) is 18.4. The fraction of sp³-hybridized carbons (Fsp3) is 0.381. The first-order valence-corrected chi connectivity index (χ1v) is 9.50. The lowest BCUT2D eigenvalue weighted by Gasteiger charge is -2.48. The molecule has 2 aromatic rings. The molecule has 0 spiro atoms. The molecule has 0 bridgehead atoms. The van der Waals surface area contributed by atoms with Crippen molar-refractivity contribution >= 4 is 5.97 Å². The predicted molar refractivity (Wildman–Crippen MR) is 99.6 cm³/mol. The van der Waals surface area contributed by atoms with E-state index in [0.717, 1.165) is 5.56 Å². The zero-order valence-electron chi connectivity index (χ0n) is 15.4. The minimum atomic E-state index is -1.35. The predicted octanol–water partition coefficient (Wildman–Crippen LogP) is 0.293. The quantitative estimate of drug-likeness (QED) is 0.544. The second-order valence-electron chi connectivity index (χ2n) is 7.55. The molecule has 0 unspecified atom stereocenters. The minimum Gasteiger partial charge on any atom is -0.455 e. The van der Waals surface area contributed by atoms with Gasteiger partial charge in [0.2, 0.25) is 6.79 Å². The molecule has 2 aliphatic heterocycles. The van der Waals surface area contributed by atoms with Crippen LogP contribution in [0.25, 0.3) is 0 Å². The Morgan fingerprint density at radius 2 is 1.69 bits per heavy atom. The normalized spacial score (nSPS) is 32.3. The number of hydrogen-bond donors (Lipinski definition) is 4. The van der Waals surface area contributed by atoms with Crippen LogP contribution < -0.4 is 14.8 Å². The van der Waals surface area contributed by atoms with E-state index in [4.69, 9.17) is 14.2 Å². The van der Waals surface area contributed by atoms with E-state index in [1.54, 1.807) is 6.07 Å². The van der Waals surface area contributed by atoms with Crippen molar-refractivity contribution in [2.45, 2.75) is 42.9 Å². The summed E-state index contributed by atoms with van der Waals surface area (Å²) < 4.78 is 16.1. The smallest absolute Gasteiger partial charge is 0.338 e. The Hall–Kier alpha value is -2.65. The van der Waals surface area contributed by atoms with Gasteiger partial charge in [-0.2, -0.15) is 0 Å². The van der Waals surface area contributed by atoms with Gasteiger partial charge < -0.3 is 34.8 Å². The summed E-state index contributed by atoms with van der Waals surface area (Å²) in [6.45, 7) is 0.448. The maximum absolute atomic E-state index is 12.5. The van der Waals surface area contributed by atoms with Gasteiger partial charge in [0.25, 0.3) is 0 Å².